The van der Waals surface area contributed by atoms with E-state index in [1.54, 1.807) is 0 Å². The van der Waals surface area contributed by atoms with E-state index in [2.05, 4.69) is 9.47 Å². The minimum Gasteiger partial charge on any atom is -0.465 e. The van der Waals surface area contributed by atoms with Crippen LogP contribution in [0.15, 0.2) is 48.0 Å². The second-order valence-electron chi connectivity index (χ2n) is 4.11. The largest absolute Gasteiger partial charge is 0.465 e. The molecule has 0 aromatic rings. The van der Waals surface area contributed by atoms with Crippen molar-refractivity contribution in [2.75, 3.05) is 14.2 Å². The first-order chi connectivity index (χ1) is 9.67. The first-order valence-electron chi connectivity index (χ1n) is 6.03. The maximum Gasteiger partial charge on any atom is 0.345 e. The summed E-state index contributed by atoms with van der Waals surface area (Å²) in [6, 6.07) is 13.4. The summed E-state index contributed by atoms with van der Waals surface area (Å²) in [7, 11) is 2.45. The van der Waals surface area contributed by atoms with E-state index in [-0.39, 0.29) is 5.57 Å². The monoisotopic (exact) mass is 270 g/mol. The van der Waals surface area contributed by atoms with Crippen LogP contribution in [0.5, 0.6) is 0 Å². The Balaban J connectivity index is 2.51. The normalized spacial score (nSPS) is 9.90. The molecule has 2 aliphatic carbocycles. The molecule has 0 fully saturated rings. The molecule has 20 heavy (non-hydrogen) atoms. The molecule has 0 amide bonds. The van der Waals surface area contributed by atoms with Gasteiger partial charge in [0.1, 0.15) is 5.57 Å². The summed E-state index contributed by atoms with van der Waals surface area (Å²) in [6.07, 6.45) is 1.49. The van der Waals surface area contributed by atoms with Crippen molar-refractivity contribution in [1.29, 1.82) is 0 Å². The van der Waals surface area contributed by atoms with E-state index in [9.17, 15) is 9.59 Å². The third-order valence-corrected chi connectivity index (χ3v) is 2.94. The van der Waals surface area contributed by atoms with Gasteiger partial charge in [0, 0.05) is 0 Å². The van der Waals surface area contributed by atoms with E-state index in [1.807, 2.05) is 42.5 Å². The van der Waals surface area contributed by atoms with E-state index in [0.717, 1.165) is 16.7 Å². The Morgan fingerprint density at radius 3 is 2.20 bits per heavy atom. The lowest BCUT2D eigenvalue weighted by atomic mass is 10.1. The molecule has 2 aliphatic rings. The molecule has 4 heteroatoms. The van der Waals surface area contributed by atoms with Crippen LogP contribution in [0.4, 0.5) is 0 Å². The zero-order chi connectivity index (χ0) is 14.5. The van der Waals surface area contributed by atoms with Crippen LogP contribution in [-0.2, 0) is 19.1 Å². The molecule has 4 nitrogen and oxygen atoms in total. The molecule has 0 unspecified atom stereocenters. The van der Waals surface area contributed by atoms with Crippen molar-refractivity contribution < 1.29 is 19.1 Å². The molecule has 0 spiro atoms. The summed E-state index contributed by atoms with van der Waals surface area (Å²) < 4.78 is 9.21. The minimum atomic E-state index is -0.716. The van der Waals surface area contributed by atoms with Gasteiger partial charge in [0.2, 0.25) is 0 Å². The maximum absolute atomic E-state index is 11.6. The third-order valence-electron chi connectivity index (χ3n) is 2.94. The van der Waals surface area contributed by atoms with E-state index in [1.165, 1.54) is 20.3 Å². The van der Waals surface area contributed by atoms with Crippen LogP contribution in [0, 0.1) is 0 Å². The van der Waals surface area contributed by atoms with Gasteiger partial charge in [-0.2, -0.15) is 0 Å². The smallest absolute Gasteiger partial charge is 0.345 e. The number of hydrogen-bond acceptors (Lipinski definition) is 4. The van der Waals surface area contributed by atoms with Crippen molar-refractivity contribution in [3.8, 4) is 11.1 Å². The van der Waals surface area contributed by atoms with Gasteiger partial charge in [0.05, 0.1) is 14.2 Å². The number of ether oxygens (including phenoxy) is 2. The predicted molar refractivity (Wildman–Crippen MR) is 75.1 cm³/mol. The van der Waals surface area contributed by atoms with Crippen LogP contribution in [0.25, 0.3) is 17.2 Å². The summed E-state index contributed by atoms with van der Waals surface area (Å²) in [5.41, 5.74) is 2.60. The van der Waals surface area contributed by atoms with Crippen LogP contribution >= 0.6 is 0 Å². The average molecular weight is 270 g/mol. The Labute approximate surface area is 117 Å². The highest BCUT2D eigenvalue weighted by molar-refractivity contribution is 6.18. The quantitative estimate of drug-likeness (QED) is 0.372. The van der Waals surface area contributed by atoms with Gasteiger partial charge < -0.3 is 9.47 Å². The molecule has 0 saturated heterocycles. The lowest BCUT2D eigenvalue weighted by molar-refractivity contribution is -0.143. The maximum atomic E-state index is 11.6. The molecular formula is C16H14O4. The molecular weight excluding hydrogens is 256 g/mol. The van der Waals surface area contributed by atoms with Gasteiger partial charge in [0.25, 0.3) is 0 Å². The molecule has 0 aliphatic heterocycles. The van der Waals surface area contributed by atoms with Crippen LogP contribution < -0.4 is 0 Å². The van der Waals surface area contributed by atoms with Gasteiger partial charge in [-0.15, -0.1) is 0 Å². The highest BCUT2D eigenvalue weighted by Gasteiger charge is 2.20. The van der Waals surface area contributed by atoms with E-state index >= 15 is 0 Å². The topological polar surface area (TPSA) is 52.6 Å². The molecule has 0 aromatic carbocycles. The van der Waals surface area contributed by atoms with Gasteiger partial charge >= 0.3 is 11.9 Å². The van der Waals surface area contributed by atoms with Gasteiger partial charge in [-0.1, -0.05) is 42.5 Å². The average Bonchev–Trinajstić information content (AvgIpc) is 2.70. The van der Waals surface area contributed by atoms with Gasteiger partial charge in [-0.25, -0.2) is 9.59 Å². The van der Waals surface area contributed by atoms with Crippen molar-refractivity contribution in [3.63, 3.8) is 0 Å². The zero-order valence-corrected chi connectivity index (χ0v) is 11.3. The highest BCUT2D eigenvalue weighted by Crippen LogP contribution is 2.28. The molecule has 102 valence electrons. The lowest BCUT2D eigenvalue weighted by Crippen LogP contribution is -2.15. The van der Waals surface area contributed by atoms with Crippen molar-refractivity contribution in [2.24, 2.45) is 0 Å². The summed E-state index contributed by atoms with van der Waals surface area (Å²) in [4.78, 5) is 23.3. The Kier molecular flexibility index (Phi) is 4.15. The molecule has 2 rings (SSSR count). The number of carbonyl (C=O) groups is 2. The summed E-state index contributed by atoms with van der Waals surface area (Å²) in [5, 5.41) is 0. The number of fused-ring (bicyclic) bond motifs is 1. The van der Waals surface area contributed by atoms with Crippen LogP contribution in [0.3, 0.4) is 0 Å². The van der Waals surface area contributed by atoms with Gasteiger partial charge in [-0.05, 0) is 22.8 Å². The second kappa shape index (κ2) is 6.02. The van der Waals surface area contributed by atoms with Crippen molar-refractivity contribution >= 4 is 18.0 Å². The van der Waals surface area contributed by atoms with Crippen molar-refractivity contribution in [1.82, 2.24) is 0 Å². The Hall–Kier alpha value is -2.62. The molecule has 0 heterocycles. The first-order valence-corrected chi connectivity index (χ1v) is 6.03. The van der Waals surface area contributed by atoms with Crippen molar-refractivity contribution in [2.45, 2.75) is 0 Å². The van der Waals surface area contributed by atoms with Crippen LogP contribution in [0.2, 0.25) is 0 Å². The molecule has 0 N–H and O–H groups in total. The van der Waals surface area contributed by atoms with E-state index in [0.29, 0.717) is 0 Å². The van der Waals surface area contributed by atoms with Crippen molar-refractivity contribution in [3.05, 3.63) is 53.6 Å². The Bertz CT molecular complexity index is 625. The second-order valence-corrected chi connectivity index (χ2v) is 4.11. The fourth-order valence-corrected chi connectivity index (χ4v) is 1.94. The molecule has 0 radical (unpaired) electrons. The number of rotatable bonds is 3. The predicted octanol–water partition coefficient (Wildman–Crippen LogP) is 2.52. The number of hydrogen-bond donors (Lipinski definition) is 0. The molecule has 0 saturated carbocycles. The fraction of sp³-hybridized carbons (Fsp3) is 0.125. The highest BCUT2D eigenvalue weighted by atomic mass is 16.5. The summed E-state index contributed by atoms with van der Waals surface area (Å²) in [5.74, 6) is -1.43. The fourth-order valence-electron chi connectivity index (χ4n) is 1.94. The van der Waals surface area contributed by atoms with E-state index < -0.39 is 11.9 Å². The first kappa shape index (κ1) is 13.8. The SMILES string of the molecule is COC(=O)C(=Cc1ccc2cccccc1-2)C(=O)OC. The van der Waals surface area contributed by atoms with Gasteiger partial charge in [-0.3, -0.25) is 0 Å². The Morgan fingerprint density at radius 2 is 1.55 bits per heavy atom. The van der Waals surface area contributed by atoms with Crippen LogP contribution in [-0.4, -0.2) is 26.2 Å². The lowest BCUT2D eigenvalue weighted by Gasteiger charge is -2.03. The number of esters is 2. The summed E-state index contributed by atoms with van der Waals surface area (Å²) >= 11 is 0. The van der Waals surface area contributed by atoms with Crippen LogP contribution in [0.1, 0.15) is 5.56 Å². The summed E-state index contributed by atoms with van der Waals surface area (Å²) in [6.45, 7) is 0. The third kappa shape index (κ3) is 2.69. The van der Waals surface area contributed by atoms with E-state index in [4.69, 9.17) is 0 Å². The van der Waals surface area contributed by atoms with Gasteiger partial charge in [0.15, 0.2) is 0 Å². The number of carbonyl (C=O) groups excluding carboxylic acids is 2. The molecule has 0 atom stereocenters. The molecule has 0 aromatic heterocycles. The standard InChI is InChI=1S/C16H14O4/c1-19-15(17)14(16(18)20-2)10-12-9-8-11-6-4-3-5-7-13(11)12/h3-10H,1-2H3. The zero-order valence-electron chi connectivity index (χ0n) is 11.3. The number of methoxy groups -OCH3 is 2. The Morgan fingerprint density at radius 1 is 0.900 bits per heavy atom. The minimum absolute atomic E-state index is 0.131. The molecule has 0 bridgehead atoms.